The average molecular weight is 452 g/mol. The quantitative estimate of drug-likeness (QED) is 0.385. The number of sulfonamides is 1. The lowest BCUT2D eigenvalue weighted by Crippen LogP contribution is -2.32. The maximum Gasteiger partial charge on any atom is 0.289 e. The first-order chi connectivity index (χ1) is 14.3. The van der Waals surface area contributed by atoms with E-state index in [-0.39, 0.29) is 33.5 Å². The summed E-state index contributed by atoms with van der Waals surface area (Å²) in [4.78, 5) is 23.1. The number of Topliss-reactive ketones (excluding diaryl/α,β-unsaturated/α-hetero) is 1. The molecule has 1 heterocycles. The van der Waals surface area contributed by atoms with Gasteiger partial charge in [0.15, 0.2) is 5.78 Å². The van der Waals surface area contributed by atoms with Crippen LogP contribution in [0.1, 0.15) is 36.0 Å². The van der Waals surface area contributed by atoms with E-state index in [4.69, 9.17) is 11.6 Å². The number of nitro benzene ring substituents is 1. The number of anilines is 1. The van der Waals surface area contributed by atoms with Crippen LogP contribution in [0.2, 0.25) is 5.02 Å². The molecule has 1 N–H and O–H groups in total. The lowest BCUT2D eigenvalue weighted by atomic mass is 10.1. The fourth-order valence-electron chi connectivity index (χ4n) is 3.31. The fourth-order valence-corrected chi connectivity index (χ4v) is 5.06. The molecule has 0 spiro atoms. The smallest absolute Gasteiger partial charge is 0.289 e. The van der Waals surface area contributed by atoms with Crippen molar-refractivity contribution in [3.63, 3.8) is 0 Å². The highest BCUT2D eigenvalue weighted by Crippen LogP contribution is 2.27. The SMILES string of the molecule is O=C(CNc1ccc(Cl)c([N+](=O)[O-])c1)c1cccc(S(=O)(=O)N2CCCCCC2)c1. The third-order valence-corrected chi connectivity index (χ3v) is 7.17. The molecule has 0 aliphatic carbocycles. The highest BCUT2D eigenvalue weighted by Gasteiger charge is 2.25. The molecule has 0 amide bonds. The minimum Gasteiger partial charge on any atom is -0.377 e. The summed E-state index contributed by atoms with van der Waals surface area (Å²) in [6.07, 6.45) is 3.68. The Morgan fingerprint density at radius 3 is 2.47 bits per heavy atom. The largest absolute Gasteiger partial charge is 0.377 e. The summed E-state index contributed by atoms with van der Waals surface area (Å²) >= 11 is 5.79. The normalized spacial score (nSPS) is 15.4. The van der Waals surface area contributed by atoms with Gasteiger partial charge in [-0.1, -0.05) is 36.6 Å². The van der Waals surface area contributed by atoms with Gasteiger partial charge in [0.25, 0.3) is 5.69 Å². The molecule has 160 valence electrons. The van der Waals surface area contributed by atoms with Crippen molar-refractivity contribution < 1.29 is 18.1 Å². The van der Waals surface area contributed by atoms with Gasteiger partial charge < -0.3 is 5.32 Å². The molecule has 0 unspecified atom stereocenters. The number of hydrogen-bond donors (Lipinski definition) is 1. The van der Waals surface area contributed by atoms with Crippen molar-refractivity contribution >= 4 is 38.8 Å². The molecule has 2 aromatic rings. The standard InChI is InChI=1S/C20H22ClN3O5S/c21-18-9-8-16(13-19(18)24(26)27)22-14-20(25)15-6-5-7-17(12-15)30(28,29)23-10-3-1-2-4-11-23/h5-9,12-13,22H,1-4,10-11,14H2. The summed E-state index contributed by atoms with van der Waals surface area (Å²) in [5, 5.41) is 13.8. The van der Waals surface area contributed by atoms with E-state index < -0.39 is 14.9 Å². The Morgan fingerprint density at radius 1 is 1.10 bits per heavy atom. The van der Waals surface area contributed by atoms with Gasteiger partial charge in [-0.15, -0.1) is 0 Å². The Balaban J connectivity index is 1.73. The van der Waals surface area contributed by atoms with Crippen molar-refractivity contribution in [1.29, 1.82) is 0 Å². The van der Waals surface area contributed by atoms with Crippen LogP contribution in [0, 0.1) is 10.1 Å². The van der Waals surface area contributed by atoms with Gasteiger partial charge in [-0.05, 0) is 37.1 Å². The number of carbonyl (C=O) groups is 1. The van der Waals surface area contributed by atoms with Gasteiger partial charge in [0.2, 0.25) is 10.0 Å². The van der Waals surface area contributed by atoms with Crippen molar-refractivity contribution in [2.45, 2.75) is 30.6 Å². The predicted octanol–water partition coefficient (Wildman–Crippen LogP) is 4.11. The van der Waals surface area contributed by atoms with Gasteiger partial charge in [0.1, 0.15) is 5.02 Å². The van der Waals surface area contributed by atoms with Crippen LogP contribution in [-0.4, -0.2) is 43.1 Å². The van der Waals surface area contributed by atoms with E-state index in [9.17, 15) is 23.3 Å². The maximum atomic E-state index is 13.0. The van der Waals surface area contributed by atoms with Crippen LogP contribution in [-0.2, 0) is 10.0 Å². The van der Waals surface area contributed by atoms with E-state index >= 15 is 0 Å². The monoisotopic (exact) mass is 451 g/mol. The molecule has 0 saturated carbocycles. The Labute approximate surface area is 180 Å². The van der Waals surface area contributed by atoms with Crippen LogP contribution in [0.4, 0.5) is 11.4 Å². The van der Waals surface area contributed by atoms with Gasteiger partial charge in [0.05, 0.1) is 16.4 Å². The number of nitrogens with one attached hydrogen (secondary N) is 1. The minimum atomic E-state index is -3.66. The first-order valence-corrected chi connectivity index (χ1v) is 11.4. The van der Waals surface area contributed by atoms with Crippen molar-refractivity contribution in [2.24, 2.45) is 0 Å². The molecule has 1 aliphatic heterocycles. The van der Waals surface area contributed by atoms with Crippen LogP contribution in [0.3, 0.4) is 0 Å². The predicted molar refractivity (Wildman–Crippen MR) is 115 cm³/mol. The number of ketones is 1. The summed E-state index contributed by atoms with van der Waals surface area (Å²) in [7, 11) is -3.66. The molecule has 0 aromatic heterocycles. The summed E-state index contributed by atoms with van der Waals surface area (Å²) in [5.74, 6) is -0.333. The van der Waals surface area contributed by atoms with E-state index in [0.29, 0.717) is 18.8 Å². The number of carbonyl (C=O) groups excluding carboxylic acids is 1. The summed E-state index contributed by atoms with van der Waals surface area (Å²) in [6.45, 7) is 0.820. The molecule has 8 nitrogen and oxygen atoms in total. The second-order valence-electron chi connectivity index (χ2n) is 7.05. The van der Waals surface area contributed by atoms with Crippen LogP contribution in [0.25, 0.3) is 0 Å². The topological polar surface area (TPSA) is 110 Å². The van der Waals surface area contributed by atoms with Gasteiger partial charge in [-0.25, -0.2) is 8.42 Å². The van der Waals surface area contributed by atoms with Crippen LogP contribution in [0.15, 0.2) is 47.4 Å². The Kier molecular flexibility index (Phi) is 7.06. The first-order valence-electron chi connectivity index (χ1n) is 9.60. The van der Waals surface area contributed by atoms with E-state index in [2.05, 4.69) is 5.32 Å². The van der Waals surface area contributed by atoms with Crippen LogP contribution >= 0.6 is 11.6 Å². The molecule has 0 atom stereocenters. The first kappa shape index (κ1) is 22.2. The molecule has 2 aromatic carbocycles. The fraction of sp³-hybridized carbons (Fsp3) is 0.350. The molecule has 10 heteroatoms. The third kappa shape index (κ3) is 5.16. The molecule has 30 heavy (non-hydrogen) atoms. The van der Waals surface area contributed by atoms with Crippen molar-refractivity contribution in [3.8, 4) is 0 Å². The molecule has 1 aliphatic rings. The zero-order chi connectivity index (χ0) is 21.7. The Morgan fingerprint density at radius 2 is 1.80 bits per heavy atom. The maximum absolute atomic E-state index is 13.0. The third-order valence-electron chi connectivity index (χ3n) is 4.95. The summed E-state index contributed by atoms with van der Waals surface area (Å²) in [5.41, 5.74) is 0.356. The highest BCUT2D eigenvalue weighted by atomic mass is 35.5. The zero-order valence-corrected chi connectivity index (χ0v) is 17.8. The van der Waals surface area contributed by atoms with Crippen molar-refractivity contribution in [2.75, 3.05) is 25.0 Å². The number of nitrogens with zero attached hydrogens (tertiary/aromatic N) is 2. The molecule has 0 radical (unpaired) electrons. The second kappa shape index (κ2) is 9.55. The van der Waals surface area contributed by atoms with E-state index in [1.54, 1.807) is 12.1 Å². The van der Waals surface area contributed by atoms with Crippen molar-refractivity contribution in [1.82, 2.24) is 4.31 Å². The number of hydrogen-bond acceptors (Lipinski definition) is 6. The van der Waals surface area contributed by atoms with Gasteiger partial charge >= 0.3 is 0 Å². The molecular formula is C20H22ClN3O5S. The molecule has 3 rings (SSSR count). The highest BCUT2D eigenvalue weighted by molar-refractivity contribution is 7.89. The van der Waals surface area contributed by atoms with Crippen LogP contribution < -0.4 is 5.32 Å². The zero-order valence-electron chi connectivity index (χ0n) is 16.2. The van der Waals surface area contributed by atoms with E-state index in [0.717, 1.165) is 25.7 Å². The average Bonchev–Trinajstić information content (AvgIpc) is 3.03. The Hall–Kier alpha value is -2.49. The van der Waals surface area contributed by atoms with Gasteiger partial charge in [-0.2, -0.15) is 4.31 Å². The number of halogens is 1. The molecule has 1 fully saturated rings. The molecule has 0 bridgehead atoms. The number of benzene rings is 2. The lowest BCUT2D eigenvalue weighted by molar-refractivity contribution is -0.384. The van der Waals surface area contributed by atoms with Crippen molar-refractivity contribution in [3.05, 3.63) is 63.2 Å². The molecule has 1 saturated heterocycles. The summed E-state index contributed by atoms with van der Waals surface area (Å²) < 4.78 is 27.4. The van der Waals surface area contributed by atoms with E-state index in [1.807, 2.05) is 0 Å². The second-order valence-corrected chi connectivity index (χ2v) is 9.39. The van der Waals surface area contributed by atoms with E-state index in [1.165, 1.54) is 34.6 Å². The number of rotatable bonds is 7. The number of nitro groups is 1. The minimum absolute atomic E-state index is 0.00305. The lowest BCUT2D eigenvalue weighted by Gasteiger charge is -2.20. The van der Waals surface area contributed by atoms with Gasteiger partial charge in [-0.3, -0.25) is 14.9 Å². The Bertz CT molecular complexity index is 1050. The molecular weight excluding hydrogens is 430 g/mol. The summed E-state index contributed by atoms with van der Waals surface area (Å²) in [6, 6.07) is 10.1. The van der Waals surface area contributed by atoms with Crippen LogP contribution in [0.5, 0.6) is 0 Å². The van der Waals surface area contributed by atoms with Gasteiger partial charge in [0, 0.05) is 30.4 Å².